The number of rotatable bonds is 7. The number of amides is 1. The molecule has 2 aliphatic heterocycles. The third-order valence-electron chi connectivity index (χ3n) is 6.59. The predicted molar refractivity (Wildman–Crippen MR) is 119 cm³/mol. The van der Waals surface area contributed by atoms with E-state index in [2.05, 4.69) is 46.2 Å². The SMILES string of the molecule is O=C(CCc1ccccc1)N1CCC(Cc2ccc(CN3CCCC3)cc2)CC1. The van der Waals surface area contributed by atoms with Gasteiger partial charge in [-0.3, -0.25) is 9.69 Å². The Bertz CT molecular complexity index is 757. The van der Waals surface area contributed by atoms with Gasteiger partial charge in [0.2, 0.25) is 5.91 Å². The van der Waals surface area contributed by atoms with Crippen LogP contribution in [0.1, 0.15) is 48.8 Å². The quantitative estimate of drug-likeness (QED) is 0.684. The Morgan fingerprint density at radius 1 is 0.793 bits per heavy atom. The van der Waals surface area contributed by atoms with Crippen molar-refractivity contribution in [2.24, 2.45) is 5.92 Å². The number of aryl methyl sites for hydroxylation is 1. The summed E-state index contributed by atoms with van der Waals surface area (Å²) in [6.07, 6.45) is 7.60. The molecule has 4 rings (SSSR count). The summed E-state index contributed by atoms with van der Waals surface area (Å²) in [5.41, 5.74) is 4.14. The highest BCUT2D eigenvalue weighted by molar-refractivity contribution is 5.76. The maximum absolute atomic E-state index is 12.5. The second-order valence-electron chi connectivity index (χ2n) is 8.81. The van der Waals surface area contributed by atoms with Gasteiger partial charge in [-0.2, -0.15) is 0 Å². The molecule has 2 aromatic rings. The van der Waals surface area contributed by atoms with E-state index in [1.807, 2.05) is 18.2 Å². The van der Waals surface area contributed by atoms with Gasteiger partial charge in [0.1, 0.15) is 0 Å². The van der Waals surface area contributed by atoms with E-state index in [1.165, 1.54) is 42.6 Å². The van der Waals surface area contributed by atoms with E-state index in [4.69, 9.17) is 0 Å². The van der Waals surface area contributed by atoms with Crippen molar-refractivity contribution in [2.75, 3.05) is 26.2 Å². The van der Waals surface area contributed by atoms with Crippen LogP contribution in [-0.2, 0) is 24.2 Å². The minimum absolute atomic E-state index is 0.318. The Labute approximate surface area is 175 Å². The maximum atomic E-state index is 12.5. The molecule has 0 bridgehead atoms. The second-order valence-corrected chi connectivity index (χ2v) is 8.81. The topological polar surface area (TPSA) is 23.6 Å². The highest BCUT2D eigenvalue weighted by Gasteiger charge is 2.22. The van der Waals surface area contributed by atoms with Crippen LogP contribution in [0, 0.1) is 5.92 Å². The van der Waals surface area contributed by atoms with E-state index < -0.39 is 0 Å². The van der Waals surface area contributed by atoms with Crippen molar-refractivity contribution in [1.29, 1.82) is 0 Å². The number of nitrogens with zero attached hydrogens (tertiary/aromatic N) is 2. The van der Waals surface area contributed by atoms with E-state index >= 15 is 0 Å². The molecular weight excluding hydrogens is 356 g/mol. The lowest BCUT2D eigenvalue weighted by Crippen LogP contribution is -2.39. The summed E-state index contributed by atoms with van der Waals surface area (Å²) in [7, 11) is 0. The molecule has 0 spiro atoms. The first-order chi connectivity index (χ1) is 14.3. The zero-order valence-electron chi connectivity index (χ0n) is 17.6. The molecular formula is C26H34N2O. The molecule has 0 aliphatic carbocycles. The van der Waals surface area contributed by atoms with Gasteiger partial charge < -0.3 is 4.90 Å². The molecule has 2 fully saturated rings. The number of benzene rings is 2. The Kier molecular flexibility index (Phi) is 7.00. The lowest BCUT2D eigenvalue weighted by molar-refractivity contribution is -0.132. The lowest BCUT2D eigenvalue weighted by atomic mass is 9.89. The predicted octanol–water partition coefficient (Wildman–Crippen LogP) is 4.70. The molecule has 154 valence electrons. The minimum atomic E-state index is 0.318. The van der Waals surface area contributed by atoms with Crippen LogP contribution in [0.5, 0.6) is 0 Å². The molecule has 2 aromatic carbocycles. The number of carbonyl (C=O) groups excluding carboxylic acids is 1. The van der Waals surface area contributed by atoms with Gasteiger partial charge in [0, 0.05) is 26.1 Å². The molecule has 0 atom stereocenters. The molecule has 3 heteroatoms. The van der Waals surface area contributed by atoms with Crippen molar-refractivity contribution >= 4 is 5.91 Å². The van der Waals surface area contributed by atoms with Gasteiger partial charge in [0.25, 0.3) is 0 Å². The molecule has 3 nitrogen and oxygen atoms in total. The molecule has 0 saturated carbocycles. The van der Waals surface area contributed by atoms with E-state index in [9.17, 15) is 4.79 Å². The van der Waals surface area contributed by atoms with E-state index in [1.54, 1.807) is 0 Å². The van der Waals surface area contributed by atoms with Crippen LogP contribution in [0.2, 0.25) is 0 Å². The molecule has 0 aromatic heterocycles. The van der Waals surface area contributed by atoms with Crippen molar-refractivity contribution < 1.29 is 4.79 Å². The average molecular weight is 391 g/mol. The molecule has 2 aliphatic rings. The van der Waals surface area contributed by atoms with Gasteiger partial charge >= 0.3 is 0 Å². The van der Waals surface area contributed by atoms with Gasteiger partial charge in [-0.1, -0.05) is 54.6 Å². The van der Waals surface area contributed by atoms with Gasteiger partial charge in [-0.05, 0) is 74.2 Å². The third kappa shape index (κ3) is 5.93. The fraction of sp³-hybridized carbons (Fsp3) is 0.500. The summed E-state index contributed by atoms with van der Waals surface area (Å²) >= 11 is 0. The van der Waals surface area contributed by atoms with Crippen LogP contribution in [0.4, 0.5) is 0 Å². The van der Waals surface area contributed by atoms with Gasteiger partial charge in [0.05, 0.1) is 0 Å². The van der Waals surface area contributed by atoms with E-state index in [-0.39, 0.29) is 0 Å². The number of piperidine rings is 1. The standard InChI is InChI=1S/C26H34N2O/c29-26(13-12-22-6-2-1-3-7-22)28-18-14-24(15-19-28)20-23-8-10-25(11-9-23)21-27-16-4-5-17-27/h1-3,6-11,24H,4-5,12-21H2. The molecule has 0 N–H and O–H groups in total. The summed E-state index contributed by atoms with van der Waals surface area (Å²) in [5.74, 6) is 1.02. The fourth-order valence-corrected chi connectivity index (χ4v) is 4.75. The Morgan fingerprint density at radius 2 is 1.45 bits per heavy atom. The summed E-state index contributed by atoms with van der Waals surface area (Å²) in [4.78, 5) is 17.2. The van der Waals surface area contributed by atoms with Crippen LogP contribution in [0.15, 0.2) is 54.6 Å². The molecule has 1 amide bonds. The second kappa shape index (κ2) is 10.1. The third-order valence-corrected chi connectivity index (χ3v) is 6.59. The monoisotopic (exact) mass is 390 g/mol. The van der Waals surface area contributed by atoms with Gasteiger partial charge in [0.15, 0.2) is 0 Å². The highest BCUT2D eigenvalue weighted by atomic mass is 16.2. The molecule has 2 saturated heterocycles. The van der Waals surface area contributed by atoms with Gasteiger partial charge in [-0.15, -0.1) is 0 Å². The first-order valence-electron chi connectivity index (χ1n) is 11.4. The number of hydrogen-bond donors (Lipinski definition) is 0. The summed E-state index contributed by atoms with van der Waals surface area (Å²) in [6.45, 7) is 5.45. The van der Waals surface area contributed by atoms with E-state index in [0.29, 0.717) is 18.2 Å². The largest absolute Gasteiger partial charge is 0.343 e. The summed E-state index contributed by atoms with van der Waals surface area (Å²) in [6, 6.07) is 19.6. The van der Waals surface area contributed by atoms with Crippen molar-refractivity contribution in [2.45, 2.75) is 51.5 Å². The van der Waals surface area contributed by atoms with Crippen LogP contribution < -0.4 is 0 Å². The van der Waals surface area contributed by atoms with Crippen molar-refractivity contribution in [3.8, 4) is 0 Å². The number of likely N-dealkylation sites (tertiary alicyclic amines) is 2. The van der Waals surface area contributed by atoms with Crippen molar-refractivity contribution in [3.05, 3.63) is 71.3 Å². The fourth-order valence-electron chi connectivity index (χ4n) is 4.75. The maximum Gasteiger partial charge on any atom is 0.222 e. The van der Waals surface area contributed by atoms with Crippen molar-refractivity contribution in [1.82, 2.24) is 9.80 Å². The first-order valence-corrected chi connectivity index (χ1v) is 11.4. The number of hydrogen-bond acceptors (Lipinski definition) is 2. The van der Waals surface area contributed by atoms with Crippen LogP contribution in [0.3, 0.4) is 0 Å². The normalized spacial score (nSPS) is 18.3. The smallest absolute Gasteiger partial charge is 0.222 e. The van der Waals surface area contributed by atoms with Crippen LogP contribution >= 0.6 is 0 Å². The van der Waals surface area contributed by atoms with Crippen LogP contribution in [-0.4, -0.2) is 41.9 Å². The van der Waals surface area contributed by atoms with Gasteiger partial charge in [-0.25, -0.2) is 0 Å². The zero-order chi connectivity index (χ0) is 19.9. The molecule has 0 unspecified atom stereocenters. The molecule has 29 heavy (non-hydrogen) atoms. The Balaban J connectivity index is 1.19. The van der Waals surface area contributed by atoms with Crippen LogP contribution in [0.25, 0.3) is 0 Å². The lowest BCUT2D eigenvalue weighted by Gasteiger charge is -2.32. The average Bonchev–Trinajstić information content (AvgIpc) is 3.28. The molecule has 2 heterocycles. The highest BCUT2D eigenvalue weighted by Crippen LogP contribution is 2.23. The zero-order valence-corrected chi connectivity index (χ0v) is 17.6. The Hall–Kier alpha value is -2.13. The minimum Gasteiger partial charge on any atom is -0.343 e. The first kappa shape index (κ1) is 20.2. The summed E-state index contributed by atoms with van der Waals surface area (Å²) in [5, 5.41) is 0. The summed E-state index contributed by atoms with van der Waals surface area (Å²) < 4.78 is 0. The number of carbonyl (C=O) groups is 1. The van der Waals surface area contributed by atoms with E-state index in [0.717, 1.165) is 45.3 Å². The van der Waals surface area contributed by atoms with Crippen molar-refractivity contribution in [3.63, 3.8) is 0 Å². The Morgan fingerprint density at radius 3 is 2.14 bits per heavy atom. The molecule has 0 radical (unpaired) electrons.